The van der Waals surface area contributed by atoms with Gasteiger partial charge in [-0.3, -0.25) is 14.5 Å². The average Bonchev–Trinajstić information content (AvgIpc) is 3.14. The number of fused-ring (bicyclic) bond motifs is 1. The number of rotatable bonds is 6. The Morgan fingerprint density at radius 1 is 1.55 bits per heavy atom. The lowest BCUT2D eigenvalue weighted by molar-refractivity contribution is -0.143. The predicted molar refractivity (Wildman–Crippen MR) is 75.9 cm³/mol. The van der Waals surface area contributed by atoms with E-state index in [2.05, 4.69) is 15.5 Å². The second-order valence-corrected chi connectivity index (χ2v) is 6.20. The Morgan fingerprint density at radius 3 is 3.05 bits per heavy atom. The van der Waals surface area contributed by atoms with Crippen LogP contribution in [0.1, 0.15) is 19.8 Å². The molecule has 1 saturated carbocycles. The molecule has 1 aliphatic carbocycles. The molecule has 2 heterocycles. The highest BCUT2D eigenvalue weighted by molar-refractivity contribution is 7.99. The van der Waals surface area contributed by atoms with E-state index in [0.717, 1.165) is 18.5 Å². The van der Waals surface area contributed by atoms with E-state index < -0.39 is 11.5 Å². The third kappa shape index (κ3) is 2.64. The molecule has 0 aromatic carbocycles. The third-order valence-corrected chi connectivity index (χ3v) is 4.60. The Hall–Kier alpha value is -1.60. The molecule has 1 unspecified atom stereocenters. The first kappa shape index (κ1) is 13.4. The number of pyridine rings is 1. The summed E-state index contributed by atoms with van der Waals surface area (Å²) >= 11 is 1.41. The van der Waals surface area contributed by atoms with E-state index in [-0.39, 0.29) is 0 Å². The molecule has 0 amide bonds. The van der Waals surface area contributed by atoms with Gasteiger partial charge in [0.05, 0.1) is 0 Å². The van der Waals surface area contributed by atoms with Crippen molar-refractivity contribution in [2.24, 2.45) is 0 Å². The molecule has 7 heteroatoms. The summed E-state index contributed by atoms with van der Waals surface area (Å²) in [4.78, 5) is 11.5. The topological polar surface area (TPSA) is 79.5 Å². The minimum absolute atomic E-state index is 0.340. The zero-order valence-electron chi connectivity index (χ0n) is 11.1. The number of hydrogen-bond acceptors (Lipinski definition) is 5. The highest BCUT2D eigenvalue weighted by atomic mass is 32.2. The quantitative estimate of drug-likeness (QED) is 0.784. The van der Waals surface area contributed by atoms with Crippen molar-refractivity contribution in [3.8, 4) is 0 Å². The van der Waals surface area contributed by atoms with Crippen LogP contribution in [0.3, 0.4) is 0 Å². The van der Waals surface area contributed by atoms with Crippen LogP contribution in [-0.4, -0.2) is 43.0 Å². The Kier molecular flexibility index (Phi) is 3.39. The first-order valence-corrected chi connectivity index (χ1v) is 7.51. The van der Waals surface area contributed by atoms with Crippen molar-refractivity contribution in [3.63, 3.8) is 0 Å². The van der Waals surface area contributed by atoms with Crippen molar-refractivity contribution in [2.45, 2.75) is 36.5 Å². The van der Waals surface area contributed by atoms with Gasteiger partial charge in [0, 0.05) is 18.0 Å². The summed E-state index contributed by atoms with van der Waals surface area (Å²) < 4.78 is 1.87. The van der Waals surface area contributed by atoms with Crippen molar-refractivity contribution in [2.75, 3.05) is 5.75 Å². The van der Waals surface area contributed by atoms with E-state index in [9.17, 15) is 9.90 Å². The van der Waals surface area contributed by atoms with Gasteiger partial charge in [0.1, 0.15) is 5.54 Å². The molecule has 0 aliphatic heterocycles. The average molecular weight is 292 g/mol. The zero-order chi connectivity index (χ0) is 14.2. The fraction of sp³-hybridized carbons (Fsp3) is 0.462. The summed E-state index contributed by atoms with van der Waals surface area (Å²) in [5, 5.41) is 21.5. The normalized spacial score (nSPS) is 18.1. The smallest absolute Gasteiger partial charge is 0.324 e. The number of nitrogens with one attached hydrogen (secondary N) is 1. The van der Waals surface area contributed by atoms with Crippen molar-refractivity contribution in [1.82, 2.24) is 19.9 Å². The molecule has 0 radical (unpaired) electrons. The van der Waals surface area contributed by atoms with E-state index in [1.54, 1.807) is 6.92 Å². The van der Waals surface area contributed by atoms with Gasteiger partial charge in [0.2, 0.25) is 0 Å². The standard InChI is InChI=1S/C13H16N4O2S/c1-13(11(18)19,14-9-5-6-9)8-20-12-16-15-10-4-2-3-7-17(10)12/h2-4,7,9,14H,5-6,8H2,1H3,(H,18,19). The summed E-state index contributed by atoms with van der Waals surface area (Å²) in [5.41, 5.74) is -0.172. The van der Waals surface area contributed by atoms with E-state index in [4.69, 9.17) is 0 Å². The van der Waals surface area contributed by atoms with Gasteiger partial charge in [-0.05, 0) is 31.9 Å². The van der Waals surface area contributed by atoms with Crippen molar-refractivity contribution < 1.29 is 9.90 Å². The minimum Gasteiger partial charge on any atom is -0.480 e. The van der Waals surface area contributed by atoms with Gasteiger partial charge in [0.15, 0.2) is 10.8 Å². The Morgan fingerprint density at radius 2 is 2.35 bits per heavy atom. The Balaban J connectivity index is 1.75. The summed E-state index contributed by atoms with van der Waals surface area (Å²) in [6, 6.07) is 6.01. The van der Waals surface area contributed by atoms with Gasteiger partial charge in [-0.2, -0.15) is 0 Å². The molecule has 2 N–H and O–H groups in total. The second kappa shape index (κ2) is 5.06. The summed E-state index contributed by atoms with van der Waals surface area (Å²) in [7, 11) is 0. The molecule has 1 aliphatic rings. The minimum atomic E-state index is -0.938. The van der Waals surface area contributed by atoms with Gasteiger partial charge in [0.25, 0.3) is 0 Å². The molecule has 0 spiro atoms. The summed E-state index contributed by atoms with van der Waals surface area (Å²) in [6.07, 6.45) is 3.99. The molecule has 2 aromatic rings. The van der Waals surface area contributed by atoms with Crippen LogP contribution in [0.4, 0.5) is 0 Å². The number of aliphatic carboxylic acids is 1. The maximum absolute atomic E-state index is 11.5. The first-order valence-electron chi connectivity index (χ1n) is 6.52. The number of carboxylic acid groups (broad SMARTS) is 1. The SMILES string of the molecule is CC(CSc1nnc2ccccn12)(NC1CC1)C(=O)O. The Labute approximate surface area is 120 Å². The fourth-order valence-corrected chi connectivity index (χ4v) is 2.99. The third-order valence-electron chi connectivity index (χ3n) is 3.34. The van der Waals surface area contributed by atoms with Crippen LogP contribution in [0.15, 0.2) is 29.6 Å². The first-order chi connectivity index (χ1) is 9.58. The predicted octanol–water partition coefficient (Wildman–Crippen LogP) is 1.42. The van der Waals surface area contributed by atoms with Gasteiger partial charge in [-0.25, -0.2) is 0 Å². The van der Waals surface area contributed by atoms with E-state index >= 15 is 0 Å². The molecule has 2 aromatic heterocycles. The number of aromatic nitrogens is 3. The zero-order valence-corrected chi connectivity index (χ0v) is 11.9. The molecule has 0 bridgehead atoms. The molecule has 6 nitrogen and oxygen atoms in total. The van der Waals surface area contributed by atoms with Crippen LogP contribution >= 0.6 is 11.8 Å². The highest BCUT2D eigenvalue weighted by Gasteiger charge is 2.38. The maximum Gasteiger partial charge on any atom is 0.324 e. The Bertz CT molecular complexity index is 640. The number of carboxylic acids is 1. The highest BCUT2D eigenvalue weighted by Crippen LogP contribution is 2.27. The maximum atomic E-state index is 11.5. The number of carbonyl (C=O) groups is 1. The van der Waals surface area contributed by atoms with E-state index in [1.165, 1.54) is 11.8 Å². The molecular weight excluding hydrogens is 276 g/mol. The van der Waals surface area contributed by atoms with Crippen LogP contribution in [0.2, 0.25) is 0 Å². The number of thioether (sulfide) groups is 1. The van der Waals surface area contributed by atoms with Crippen LogP contribution in [0.25, 0.3) is 5.65 Å². The van der Waals surface area contributed by atoms with Gasteiger partial charge in [-0.1, -0.05) is 17.8 Å². The van der Waals surface area contributed by atoms with Crippen LogP contribution in [-0.2, 0) is 4.79 Å². The molecule has 1 atom stereocenters. The lowest BCUT2D eigenvalue weighted by Gasteiger charge is -2.25. The van der Waals surface area contributed by atoms with Gasteiger partial charge in [-0.15, -0.1) is 10.2 Å². The summed E-state index contributed by atoms with van der Waals surface area (Å²) in [5.74, 6) is -0.417. The molecular formula is C13H16N4O2S. The molecule has 0 saturated heterocycles. The lowest BCUT2D eigenvalue weighted by Crippen LogP contribution is -2.52. The molecule has 20 heavy (non-hydrogen) atoms. The lowest BCUT2D eigenvalue weighted by atomic mass is 10.1. The van der Waals surface area contributed by atoms with Crippen molar-refractivity contribution in [3.05, 3.63) is 24.4 Å². The van der Waals surface area contributed by atoms with Gasteiger partial charge >= 0.3 is 5.97 Å². The molecule has 106 valence electrons. The monoisotopic (exact) mass is 292 g/mol. The summed E-state index contributed by atoms with van der Waals surface area (Å²) in [6.45, 7) is 1.73. The molecule has 1 fully saturated rings. The van der Waals surface area contributed by atoms with E-state index in [0.29, 0.717) is 17.0 Å². The second-order valence-electron chi connectivity index (χ2n) is 5.26. The van der Waals surface area contributed by atoms with Crippen LogP contribution < -0.4 is 5.32 Å². The van der Waals surface area contributed by atoms with Crippen LogP contribution in [0, 0.1) is 0 Å². The van der Waals surface area contributed by atoms with Crippen molar-refractivity contribution >= 4 is 23.4 Å². The largest absolute Gasteiger partial charge is 0.480 e. The van der Waals surface area contributed by atoms with Crippen molar-refractivity contribution in [1.29, 1.82) is 0 Å². The number of hydrogen-bond donors (Lipinski definition) is 2. The van der Waals surface area contributed by atoms with E-state index in [1.807, 2.05) is 28.8 Å². The molecule has 3 rings (SSSR count). The fourth-order valence-electron chi connectivity index (χ4n) is 1.97. The van der Waals surface area contributed by atoms with Gasteiger partial charge < -0.3 is 5.11 Å². The van der Waals surface area contributed by atoms with Crippen LogP contribution in [0.5, 0.6) is 0 Å². The number of nitrogens with zero attached hydrogens (tertiary/aromatic N) is 3.